The van der Waals surface area contributed by atoms with Gasteiger partial charge in [0.2, 0.25) is 5.91 Å². The first-order valence-electron chi connectivity index (χ1n) is 8.75. The number of nitrogens with one attached hydrogen (secondary N) is 3. The molecule has 2 rings (SSSR count). The highest BCUT2D eigenvalue weighted by atomic mass is 32.1. The van der Waals surface area contributed by atoms with Crippen molar-refractivity contribution < 1.29 is 19.1 Å². The van der Waals surface area contributed by atoms with Crippen molar-refractivity contribution in [1.29, 1.82) is 0 Å². The minimum Gasteiger partial charge on any atom is -0.490 e. The second-order valence-electron chi connectivity index (χ2n) is 5.78. The smallest absolute Gasteiger partial charge is 0.261 e. The van der Waals surface area contributed by atoms with Gasteiger partial charge in [0.05, 0.1) is 12.2 Å². The van der Waals surface area contributed by atoms with Crippen LogP contribution >= 0.6 is 12.2 Å². The van der Waals surface area contributed by atoms with Gasteiger partial charge in [-0.3, -0.25) is 25.8 Å². The van der Waals surface area contributed by atoms with E-state index in [1.807, 2.05) is 30.3 Å². The van der Waals surface area contributed by atoms with Crippen LogP contribution in [0, 0.1) is 0 Å². The highest BCUT2D eigenvalue weighted by Gasteiger charge is 2.13. The molecule has 0 aromatic heterocycles. The number of rotatable bonds is 8. The summed E-state index contributed by atoms with van der Waals surface area (Å²) in [6, 6.07) is 16.5. The van der Waals surface area contributed by atoms with Crippen LogP contribution in [0.15, 0.2) is 54.6 Å². The van der Waals surface area contributed by atoms with Crippen LogP contribution in [-0.4, -0.2) is 37.3 Å². The monoisotopic (exact) mass is 401 g/mol. The Kier molecular flexibility index (Phi) is 8.90. The Bertz CT molecular complexity index is 799. The largest absolute Gasteiger partial charge is 0.490 e. The molecule has 0 atom stereocenters. The lowest BCUT2D eigenvalue weighted by molar-refractivity contribution is -0.121. The fourth-order valence-electron chi connectivity index (χ4n) is 2.31. The number of carbonyl (C=O) groups excluding carboxylic acids is 2. The molecular formula is C20H23N3O4S. The summed E-state index contributed by atoms with van der Waals surface area (Å²) in [5.74, 6) is -0.250. The van der Waals surface area contributed by atoms with E-state index in [-0.39, 0.29) is 11.0 Å². The number of hydrazine groups is 1. The van der Waals surface area contributed by atoms with Gasteiger partial charge >= 0.3 is 0 Å². The first kappa shape index (κ1) is 21.3. The lowest BCUT2D eigenvalue weighted by Crippen LogP contribution is -2.48. The van der Waals surface area contributed by atoms with Crippen molar-refractivity contribution in [3.8, 4) is 5.75 Å². The maximum atomic E-state index is 12.4. The Morgan fingerprint density at radius 2 is 1.68 bits per heavy atom. The normalized spacial score (nSPS) is 10.0. The number of ether oxygens (including phenoxy) is 2. The van der Waals surface area contributed by atoms with Crippen LogP contribution in [0.5, 0.6) is 5.75 Å². The quantitative estimate of drug-likeness (QED) is 0.356. The summed E-state index contributed by atoms with van der Waals surface area (Å²) in [5.41, 5.74) is 6.40. The molecule has 0 radical (unpaired) electrons. The van der Waals surface area contributed by atoms with E-state index in [0.29, 0.717) is 37.4 Å². The van der Waals surface area contributed by atoms with Gasteiger partial charge in [-0.25, -0.2) is 0 Å². The fraction of sp³-hybridized carbons (Fsp3) is 0.250. The molecule has 0 bridgehead atoms. The Balaban J connectivity index is 1.78. The summed E-state index contributed by atoms with van der Waals surface area (Å²) in [4.78, 5) is 24.3. The van der Waals surface area contributed by atoms with Gasteiger partial charge in [0, 0.05) is 13.5 Å². The topological polar surface area (TPSA) is 88.7 Å². The average molecular weight is 401 g/mol. The third-order valence-corrected chi connectivity index (χ3v) is 3.91. The molecule has 0 aliphatic rings. The Labute approximate surface area is 169 Å². The number of thiocarbonyl (C=S) groups is 1. The molecule has 28 heavy (non-hydrogen) atoms. The standard InChI is InChI=1S/C20H23N3O4S/c1-26-13-14-27-17-10-6-5-9-16(17)19(25)21-20(28)23-22-18(24)12-11-15-7-3-2-4-8-15/h2-10H,11-14H2,1H3,(H,22,24)(H2,21,23,25,28). The molecule has 0 aliphatic carbocycles. The van der Waals surface area contributed by atoms with Crippen LogP contribution < -0.4 is 20.9 Å². The zero-order valence-corrected chi connectivity index (χ0v) is 16.4. The molecule has 2 amide bonds. The Morgan fingerprint density at radius 3 is 2.43 bits per heavy atom. The number of methoxy groups -OCH3 is 1. The number of hydrogen-bond acceptors (Lipinski definition) is 5. The maximum Gasteiger partial charge on any atom is 0.261 e. The van der Waals surface area contributed by atoms with Gasteiger partial charge in [-0.2, -0.15) is 0 Å². The van der Waals surface area contributed by atoms with Crippen molar-refractivity contribution in [2.24, 2.45) is 0 Å². The molecule has 0 fully saturated rings. The number of hydrogen-bond donors (Lipinski definition) is 3. The lowest BCUT2D eigenvalue weighted by Gasteiger charge is -2.13. The van der Waals surface area contributed by atoms with Crippen molar-refractivity contribution in [3.05, 3.63) is 65.7 Å². The van der Waals surface area contributed by atoms with Crippen LogP contribution in [0.4, 0.5) is 0 Å². The van der Waals surface area contributed by atoms with E-state index in [4.69, 9.17) is 21.7 Å². The minimum atomic E-state index is -0.441. The van der Waals surface area contributed by atoms with E-state index < -0.39 is 5.91 Å². The summed E-state index contributed by atoms with van der Waals surface area (Å²) in [6.07, 6.45) is 0.906. The lowest BCUT2D eigenvalue weighted by atomic mass is 10.1. The molecule has 148 valence electrons. The summed E-state index contributed by atoms with van der Waals surface area (Å²) in [5, 5.41) is 2.50. The molecule has 2 aromatic rings. The molecule has 7 nitrogen and oxygen atoms in total. The molecule has 8 heteroatoms. The van der Waals surface area contributed by atoms with E-state index >= 15 is 0 Å². The third kappa shape index (κ3) is 7.34. The maximum absolute atomic E-state index is 12.4. The first-order valence-corrected chi connectivity index (χ1v) is 9.16. The van der Waals surface area contributed by atoms with Crippen LogP contribution in [0.25, 0.3) is 0 Å². The summed E-state index contributed by atoms with van der Waals surface area (Å²) < 4.78 is 10.5. The second kappa shape index (κ2) is 11.7. The van der Waals surface area contributed by atoms with Gasteiger partial charge < -0.3 is 9.47 Å². The molecule has 0 aliphatic heterocycles. The summed E-state index contributed by atoms with van der Waals surface area (Å²) in [6.45, 7) is 0.728. The van der Waals surface area contributed by atoms with Crippen molar-refractivity contribution in [2.75, 3.05) is 20.3 Å². The molecule has 0 unspecified atom stereocenters. The molecule has 0 saturated heterocycles. The molecule has 0 spiro atoms. The minimum absolute atomic E-state index is 0.00949. The van der Waals surface area contributed by atoms with Crippen LogP contribution in [-0.2, 0) is 16.0 Å². The summed E-state index contributed by atoms with van der Waals surface area (Å²) in [7, 11) is 1.57. The summed E-state index contributed by atoms with van der Waals surface area (Å²) >= 11 is 5.06. The average Bonchev–Trinajstić information content (AvgIpc) is 2.72. The number of para-hydroxylation sites is 1. The number of amides is 2. The van der Waals surface area contributed by atoms with E-state index in [1.165, 1.54) is 0 Å². The Hall–Kier alpha value is -2.97. The number of benzene rings is 2. The van der Waals surface area contributed by atoms with Crippen molar-refractivity contribution >= 4 is 29.1 Å². The van der Waals surface area contributed by atoms with E-state index in [2.05, 4.69) is 16.2 Å². The molecule has 0 saturated carbocycles. The van der Waals surface area contributed by atoms with Crippen molar-refractivity contribution in [1.82, 2.24) is 16.2 Å². The van der Waals surface area contributed by atoms with Gasteiger partial charge in [-0.05, 0) is 36.3 Å². The zero-order valence-electron chi connectivity index (χ0n) is 15.6. The highest BCUT2D eigenvalue weighted by Crippen LogP contribution is 2.17. The fourth-order valence-corrected chi connectivity index (χ4v) is 2.45. The van der Waals surface area contributed by atoms with Gasteiger partial charge in [-0.15, -0.1) is 0 Å². The highest BCUT2D eigenvalue weighted by molar-refractivity contribution is 7.80. The van der Waals surface area contributed by atoms with Crippen molar-refractivity contribution in [2.45, 2.75) is 12.8 Å². The van der Waals surface area contributed by atoms with Crippen molar-refractivity contribution in [3.63, 3.8) is 0 Å². The van der Waals surface area contributed by atoms with Gasteiger partial charge in [0.15, 0.2) is 5.11 Å². The Morgan fingerprint density at radius 1 is 0.964 bits per heavy atom. The van der Waals surface area contributed by atoms with E-state index in [1.54, 1.807) is 31.4 Å². The molecule has 3 N–H and O–H groups in total. The van der Waals surface area contributed by atoms with Crippen LogP contribution in [0.2, 0.25) is 0 Å². The van der Waals surface area contributed by atoms with Gasteiger partial charge in [-0.1, -0.05) is 42.5 Å². The van der Waals surface area contributed by atoms with Crippen LogP contribution in [0.3, 0.4) is 0 Å². The van der Waals surface area contributed by atoms with Crippen LogP contribution in [0.1, 0.15) is 22.3 Å². The molecule has 2 aromatic carbocycles. The number of aryl methyl sites for hydroxylation is 1. The van der Waals surface area contributed by atoms with Gasteiger partial charge in [0.25, 0.3) is 5.91 Å². The SMILES string of the molecule is COCCOc1ccccc1C(=O)NC(=S)NNC(=O)CCc1ccccc1. The third-order valence-electron chi connectivity index (χ3n) is 3.70. The zero-order chi connectivity index (χ0) is 20.2. The number of carbonyl (C=O) groups is 2. The predicted octanol–water partition coefficient (Wildman–Crippen LogP) is 1.98. The molecule has 0 heterocycles. The second-order valence-corrected chi connectivity index (χ2v) is 6.19. The molecular weight excluding hydrogens is 378 g/mol. The van der Waals surface area contributed by atoms with Gasteiger partial charge in [0.1, 0.15) is 12.4 Å². The van der Waals surface area contributed by atoms with E-state index in [0.717, 1.165) is 5.56 Å². The first-order chi connectivity index (χ1) is 13.6. The predicted molar refractivity (Wildman–Crippen MR) is 110 cm³/mol. The van der Waals surface area contributed by atoms with E-state index in [9.17, 15) is 9.59 Å².